The Morgan fingerprint density at radius 1 is 1.38 bits per heavy atom. The van der Waals surface area contributed by atoms with Crippen molar-refractivity contribution < 1.29 is 14.8 Å². The number of hydrogen-bond acceptors (Lipinski definition) is 5. The molecule has 1 amide bonds. The average molecular weight is 303 g/mol. The topological polar surface area (TPSA) is 95.3 Å². The second-order valence-corrected chi connectivity index (χ2v) is 5.09. The van der Waals surface area contributed by atoms with E-state index in [1.165, 1.54) is 23.5 Å². The molecule has 0 aliphatic rings. The molecule has 1 aromatic heterocycles. The molecule has 2 rings (SSSR count). The Balaban J connectivity index is 1.98. The van der Waals surface area contributed by atoms with Crippen LogP contribution in [-0.2, 0) is 11.3 Å². The fraction of sp³-hybridized carbons (Fsp3) is 0.0714. The highest BCUT2D eigenvalue weighted by molar-refractivity contribution is 7.10. The Labute approximate surface area is 124 Å². The van der Waals surface area contributed by atoms with Gasteiger partial charge in [-0.15, -0.1) is 17.1 Å². The van der Waals surface area contributed by atoms with Crippen LogP contribution < -0.4 is 10.4 Å². The van der Waals surface area contributed by atoms with Gasteiger partial charge in [-0.1, -0.05) is 12.1 Å². The zero-order valence-electron chi connectivity index (χ0n) is 10.8. The van der Waals surface area contributed by atoms with E-state index in [2.05, 4.69) is 5.32 Å². The first-order chi connectivity index (χ1) is 10.1. The maximum atomic E-state index is 11.6. The summed E-state index contributed by atoms with van der Waals surface area (Å²) in [5.74, 6) is -0.711. The van der Waals surface area contributed by atoms with Gasteiger partial charge in [0.1, 0.15) is 0 Å². The van der Waals surface area contributed by atoms with Gasteiger partial charge in [-0.3, -0.25) is 14.9 Å². The van der Waals surface area contributed by atoms with Gasteiger partial charge in [0.05, 0.1) is 4.92 Å². The van der Waals surface area contributed by atoms with Crippen molar-refractivity contribution in [1.82, 2.24) is 5.32 Å². The second kappa shape index (κ2) is 6.67. The molecule has 0 saturated carbocycles. The van der Waals surface area contributed by atoms with Gasteiger partial charge in [-0.2, -0.15) is 0 Å². The fourth-order valence-corrected chi connectivity index (χ4v) is 2.22. The highest BCUT2D eigenvalue weighted by Gasteiger charge is 2.07. The van der Waals surface area contributed by atoms with Crippen molar-refractivity contribution in [2.75, 3.05) is 0 Å². The Kier molecular flexibility index (Phi) is 4.68. The first kappa shape index (κ1) is 14.7. The molecule has 7 heteroatoms. The summed E-state index contributed by atoms with van der Waals surface area (Å²) in [5.41, 5.74) is 0.00931. The first-order valence-electron chi connectivity index (χ1n) is 6.00. The van der Waals surface area contributed by atoms with E-state index in [-0.39, 0.29) is 29.5 Å². The molecule has 1 aromatic carbocycles. The van der Waals surface area contributed by atoms with E-state index in [1.807, 2.05) is 17.5 Å². The summed E-state index contributed by atoms with van der Waals surface area (Å²) in [6, 6.07) is 7.18. The maximum Gasteiger partial charge on any atom is 0.269 e. The van der Waals surface area contributed by atoms with Gasteiger partial charge in [0.15, 0.2) is 0 Å². The SMILES string of the molecule is O=C(/C=C/c1cccs1)NCc1cc([N+](=O)[O-])ccc1[O-]. The minimum atomic E-state index is -0.582. The van der Waals surface area contributed by atoms with E-state index in [1.54, 1.807) is 6.08 Å². The number of amides is 1. The van der Waals surface area contributed by atoms with Crippen LogP contribution in [-0.4, -0.2) is 10.8 Å². The van der Waals surface area contributed by atoms with Gasteiger partial charge >= 0.3 is 0 Å². The minimum Gasteiger partial charge on any atom is -0.872 e. The third kappa shape index (κ3) is 4.15. The monoisotopic (exact) mass is 303 g/mol. The van der Waals surface area contributed by atoms with Crippen molar-refractivity contribution in [3.8, 4) is 5.75 Å². The van der Waals surface area contributed by atoms with Crippen molar-refractivity contribution in [3.63, 3.8) is 0 Å². The molecular weight excluding hydrogens is 292 g/mol. The number of nitro benzene ring substituents is 1. The highest BCUT2D eigenvalue weighted by Crippen LogP contribution is 2.20. The molecule has 0 aliphatic heterocycles. The number of nitrogens with one attached hydrogen (secondary N) is 1. The number of hydrogen-bond donors (Lipinski definition) is 1. The molecule has 0 unspecified atom stereocenters. The number of non-ortho nitro benzene ring substituents is 1. The lowest BCUT2D eigenvalue weighted by Gasteiger charge is -2.12. The molecule has 21 heavy (non-hydrogen) atoms. The Morgan fingerprint density at radius 3 is 2.86 bits per heavy atom. The van der Waals surface area contributed by atoms with Gasteiger partial charge in [-0.05, 0) is 23.1 Å². The Morgan fingerprint density at radius 2 is 2.19 bits per heavy atom. The van der Waals surface area contributed by atoms with Gasteiger partial charge < -0.3 is 10.4 Å². The summed E-state index contributed by atoms with van der Waals surface area (Å²) >= 11 is 1.50. The number of carbonyl (C=O) groups is 1. The number of nitro groups is 1. The highest BCUT2D eigenvalue weighted by atomic mass is 32.1. The summed E-state index contributed by atoms with van der Waals surface area (Å²) < 4.78 is 0. The number of rotatable bonds is 5. The normalized spacial score (nSPS) is 10.7. The molecule has 0 atom stereocenters. The molecule has 0 bridgehead atoms. The van der Waals surface area contributed by atoms with Crippen LogP contribution in [0.2, 0.25) is 0 Å². The largest absolute Gasteiger partial charge is 0.872 e. The lowest BCUT2D eigenvalue weighted by molar-refractivity contribution is -0.385. The van der Waals surface area contributed by atoms with E-state index >= 15 is 0 Å². The molecule has 6 nitrogen and oxygen atoms in total. The zero-order valence-corrected chi connectivity index (χ0v) is 11.6. The summed E-state index contributed by atoms with van der Waals surface area (Å²) in [5, 5.41) is 26.6. The van der Waals surface area contributed by atoms with Crippen LogP contribution in [0.25, 0.3) is 6.08 Å². The van der Waals surface area contributed by atoms with Gasteiger partial charge in [0.25, 0.3) is 5.69 Å². The van der Waals surface area contributed by atoms with Gasteiger partial charge in [0, 0.05) is 29.6 Å². The summed E-state index contributed by atoms with van der Waals surface area (Å²) in [6.45, 7) is -0.0475. The van der Waals surface area contributed by atoms with E-state index < -0.39 is 4.92 Å². The number of nitrogens with zero attached hydrogens (tertiary/aromatic N) is 1. The fourth-order valence-electron chi connectivity index (χ4n) is 1.60. The molecule has 0 saturated heterocycles. The standard InChI is InChI=1S/C14H12N2O4S/c17-13-5-3-11(16(19)20)8-10(13)9-15-14(18)6-4-12-2-1-7-21-12/h1-8,17H,9H2,(H,15,18)/p-1/b6-4+. The molecule has 0 spiro atoms. The Hall–Kier alpha value is -2.67. The van der Waals surface area contributed by atoms with Gasteiger partial charge in [0.2, 0.25) is 5.91 Å². The molecule has 2 aromatic rings. The molecule has 0 radical (unpaired) electrons. The van der Waals surface area contributed by atoms with Crippen LogP contribution in [0.15, 0.2) is 41.8 Å². The van der Waals surface area contributed by atoms with Crippen LogP contribution >= 0.6 is 11.3 Å². The number of carbonyl (C=O) groups excluding carboxylic acids is 1. The molecule has 0 fully saturated rings. The van der Waals surface area contributed by atoms with Crippen LogP contribution in [0, 0.1) is 10.1 Å². The molecular formula is C14H11N2O4S-. The van der Waals surface area contributed by atoms with Gasteiger partial charge in [-0.25, -0.2) is 0 Å². The maximum absolute atomic E-state index is 11.6. The van der Waals surface area contributed by atoms with E-state index in [0.29, 0.717) is 0 Å². The first-order valence-corrected chi connectivity index (χ1v) is 6.88. The average Bonchev–Trinajstić information content (AvgIpc) is 2.97. The zero-order chi connectivity index (χ0) is 15.2. The van der Waals surface area contributed by atoms with Crippen molar-refractivity contribution in [1.29, 1.82) is 0 Å². The van der Waals surface area contributed by atoms with Crippen molar-refractivity contribution in [2.45, 2.75) is 6.54 Å². The summed E-state index contributed by atoms with van der Waals surface area (Å²) in [6.07, 6.45) is 3.01. The third-order valence-electron chi connectivity index (χ3n) is 2.65. The quantitative estimate of drug-likeness (QED) is 0.519. The van der Waals surface area contributed by atoms with E-state index in [0.717, 1.165) is 17.0 Å². The van der Waals surface area contributed by atoms with Crippen molar-refractivity contribution >= 4 is 29.0 Å². The molecule has 108 valence electrons. The van der Waals surface area contributed by atoms with Crippen molar-refractivity contribution in [3.05, 3.63) is 62.3 Å². The van der Waals surface area contributed by atoms with Crippen LogP contribution in [0.1, 0.15) is 10.4 Å². The predicted octanol–water partition coefficient (Wildman–Crippen LogP) is 2.06. The number of thiophene rings is 1. The van der Waals surface area contributed by atoms with Crippen LogP contribution in [0.5, 0.6) is 5.75 Å². The van der Waals surface area contributed by atoms with E-state index in [4.69, 9.17) is 0 Å². The Bertz CT molecular complexity index is 680. The van der Waals surface area contributed by atoms with Crippen LogP contribution in [0.3, 0.4) is 0 Å². The summed E-state index contributed by atoms with van der Waals surface area (Å²) in [7, 11) is 0. The number of benzene rings is 1. The minimum absolute atomic E-state index is 0.0475. The van der Waals surface area contributed by atoms with Crippen molar-refractivity contribution in [2.24, 2.45) is 0 Å². The lowest BCUT2D eigenvalue weighted by atomic mass is 10.2. The van der Waals surface area contributed by atoms with Crippen LogP contribution in [0.4, 0.5) is 5.69 Å². The summed E-state index contributed by atoms with van der Waals surface area (Å²) in [4.78, 5) is 22.6. The molecule has 0 aliphatic carbocycles. The third-order valence-corrected chi connectivity index (χ3v) is 3.49. The predicted molar refractivity (Wildman–Crippen MR) is 77.7 cm³/mol. The van der Waals surface area contributed by atoms with E-state index in [9.17, 15) is 20.0 Å². The lowest BCUT2D eigenvalue weighted by Crippen LogP contribution is -2.21. The molecule has 1 heterocycles. The second-order valence-electron chi connectivity index (χ2n) is 4.12. The molecule has 1 N–H and O–H groups in total. The smallest absolute Gasteiger partial charge is 0.269 e.